The Kier molecular flexibility index (Phi) is 4.24. The Bertz CT molecular complexity index is 527. The fourth-order valence-electron chi connectivity index (χ4n) is 1.83. The van der Waals surface area contributed by atoms with Crippen molar-refractivity contribution < 1.29 is 5.11 Å². The van der Waals surface area contributed by atoms with Crippen molar-refractivity contribution in [3.8, 4) is 5.75 Å². The molecular formula is C15H16ClNO. The molecule has 1 unspecified atom stereocenters. The molecule has 2 rings (SSSR count). The van der Waals surface area contributed by atoms with Crippen LogP contribution in [0.25, 0.3) is 0 Å². The lowest BCUT2D eigenvalue weighted by Gasteiger charge is -2.14. The van der Waals surface area contributed by atoms with Gasteiger partial charge in [-0.15, -0.1) is 0 Å². The molecule has 0 spiro atoms. The van der Waals surface area contributed by atoms with Crippen molar-refractivity contribution >= 4 is 11.6 Å². The summed E-state index contributed by atoms with van der Waals surface area (Å²) in [6, 6.07) is 15.3. The average Bonchev–Trinajstić information content (AvgIpc) is 2.36. The monoisotopic (exact) mass is 261 g/mol. The Morgan fingerprint density at radius 1 is 1.17 bits per heavy atom. The van der Waals surface area contributed by atoms with Gasteiger partial charge in [0.25, 0.3) is 0 Å². The number of hydrogen-bond acceptors (Lipinski definition) is 2. The van der Waals surface area contributed by atoms with Crippen molar-refractivity contribution in [1.29, 1.82) is 0 Å². The van der Waals surface area contributed by atoms with E-state index in [0.717, 1.165) is 22.7 Å². The quantitative estimate of drug-likeness (QED) is 0.875. The standard InChI is InChI=1S/C15H16ClNO/c1-11(13-5-3-7-15(18)9-13)17-10-12-4-2-6-14(16)8-12/h2-9,11,17-18H,10H2,1H3. The minimum Gasteiger partial charge on any atom is -0.508 e. The molecule has 1 atom stereocenters. The van der Waals surface area contributed by atoms with E-state index in [1.54, 1.807) is 12.1 Å². The molecule has 94 valence electrons. The first-order chi connectivity index (χ1) is 8.65. The number of hydrogen-bond donors (Lipinski definition) is 2. The van der Waals surface area contributed by atoms with Crippen LogP contribution in [-0.4, -0.2) is 5.11 Å². The molecule has 0 bridgehead atoms. The van der Waals surface area contributed by atoms with E-state index >= 15 is 0 Å². The van der Waals surface area contributed by atoms with Gasteiger partial charge in [-0.1, -0.05) is 35.9 Å². The van der Waals surface area contributed by atoms with Gasteiger partial charge in [0, 0.05) is 17.6 Å². The number of phenolic OH excluding ortho intramolecular Hbond substituents is 1. The van der Waals surface area contributed by atoms with Gasteiger partial charge in [-0.05, 0) is 42.3 Å². The average molecular weight is 262 g/mol. The summed E-state index contributed by atoms with van der Waals surface area (Å²) in [5, 5.41) is 13.6. The predicted octanol–water partition coefficient (Wildman–Crippen LogP) is 3.90. The van der Waals surface area contributed by atoms with Crippen molar-refractivity contribution in [3.05, 3.63) is 64.7 Å². The van der Waals surface area contributed by atoms with Crippen LogP contribution in [0.1, 0.15) is 24.1 Å². The first-order valence-electron chi connectivity index (χ1n) is 5.92. The Labute approximate surface area is 112 Å². The molecule has 0 fully saturated rings. The summed E-state index contributed by atoms with van der Waals surface area (Å²) in [4.78, 5) is 0. The van der Waals surface area contributed by atoms with Crippen LogP contribution in [0.4, 0.5) is 0 Å². The molecule has 2 aromatic carbocycles. The molecule has 0 aliphatic rings. The van der Waals surface area contributed by atoms with E-state index in [0.29, 0.717) is 5.75 Å². The van der Waals surface area contributed by atoms with Crippen LogP contribution >= 0.6 is 11.6 Å². The van der Waals surface area contributed by atoms with Crippen LogP contribution in [0.3, 0.4) is 0 Å². The van der Waals surface area contributed by atoms with Crippen LogP contribution in [0.15, 0.2) is 48.5 Å². The predicted molar refractivity (Wildman–Crippen MR) is 74.8 cm³/mol. The number of benzene rings is 2. The van der Waals surface area contributed by atoms with E-state index in [-0.39, 0.29) is 6.04 Å². The first kappa shape index (κ1) is 12.9. The van der Waals surface area contributed by atoms with E-state index in [9.17, 15) is 5.11 Å². The molecule has 3 heteroatoms. The van der Waals surface area contributed by atoms with Gasteiger partial charge in [0.05, 0.1) is 0 Å². The fourth-order valence-corrected chi connectivity index (χ4v) is 2.04. The molecule has 0 saturated heterocycles. The SMILES string of the molecule is CC(NCc1cccc(Cl)c1)c1cccc(O)c1. The summed E-state index contributed by atoms with van der Waals surface area (Å²) in [7, 11) is 0. The second-order valence-electron chi connectivity index (χ2n) is 4.33. The number of nitrogens with one attached hydrogen (secondary N) is 1. The Morgan fingerprint density at radius 2 is 1.94 bits per heavy atom. The maximum absolute atomic E-state index is 9.44. The molecule has 2 aromatic rings. The van der Waals surface area contributed by atoms with Gasteiger partial charge in [0.15, 0.2) is 0 Å². The van der Waals surface area contributed by atoms with Gasteiger partial charge in [-0.2, -0.15) is 0 Å². The summed E-state index contributed by atoms with van der Waals surface area (Å²) in [6.45, 7) is 2.82. The van der Waals surface area contributed by atoms with E-state index in [1.165, 1.54) is 0 Å². The van der Waals surface area contributed by atoms with Crippen LogP contribution in [0.5, 0.6) is 5.75 Å². The van der Waals surface area contributed by atoms with Crippen LogP contribution in [0.2, 0.25) is 5.02 Å². The third kappa shape index (κ3) is 3.49. The van der Waals surface area contributed by atoms with Crippen molar-refractivity contribution in [2.24, 2.45) is 0 Å². The maximum atomic E-state index is 9.44. The highest BCUT2D eigenvalue weighted by Gasteiger charge is 2.05. The number of phenols is 1. The molecule has 0 radical (unpaired) electrons. The molecule has 0 aliphatic carbocycles. The number of aromatic hydroxyl groups is 1. The van der Waals surface area contributed by atoms with E-state index < -0.39 is 0 Å². The van der Waals surface area contributed by atoms with E-state index in [2.05, 4.69) is 12.2 Å². The largest absolute Gasteiger partial charge is 0.508 e. The van der Waals surface area contributed by atoms with E-state index in [1.807, 2.05) is 36.4 Å². The molecule has 0 amide bonds. The highest BCUT2D eigenvalue weighted by atomic mass is 35.5. The van der Waals surface area contributed by atoms with Crippen molar-refractivity contribution in [3.63, 3.8) is 0 Å². The lowest BCUT2D eigenvalue weighted by molar-refractivity contribution is 0.472. The topological polar surface area (TPSA) is 32.3 Å². The molecule has 0 heterocycles. The molecule has 0 aromatic heterocycles. The zero-order valence-corrected chi connectivity index (χ0v) is 11.0. The van der Waals surface area contributed by atoms with Gasteiger partial charge >= 0.3 is 0 Å². The van der Waals surface area contributed by atoms with Gasteiger partial charge in [-0.25, -0.2) is 0 Å². The summed E-state index contributed by atoms with van der Waals surface area (Å²) in [5.41, 5.74) is 2.21. The lowest BCUT2D eigenvalue weighted by atomic mass is 10.1. The smallest absolute Gasteiger partial charge is 0.115 e. The van der Waals surface area contributed by atoms with Gasteiger partial charge in [-0.3, -0.25) is 0 Å². The maximum Gasteiger partial charge on any atom is 0.115 e. The summed E-state index contributed by atoms with van der Waals surface area (Å²) < 4.78 is 0. The second kappa shape index (κ2) is 5.89. The molecule has 2 nitrogen and oxygen atoms in total. The second-order valence-corrected chi connectivity index (χ2v) is 4.76. The minimum absolute atomic E-state index is 0.177. The molecule has 0 aliphatic heterocycles. The normalized spacial score (nSPS) is 12.3. The Balaban J connectivity index is 1.98. The van der Waals surface area contributed by atoms with Crippen LogP contribution < -0.4 is 5.32 Å². The third-order valence-electron chi connectivity index (χ3n) is 2.87. The summed E-state index contributed by atoms with van der Waals surface area (Å²) in [6.07, 6.45) is 0. The fraction of sp³-hybridized carbons (Fsp3) is 0.200. The molecule has 18 heavy (non-hydrogen) atoms. The van der Waals surface area contributed by atoms with Crippen molar-refractivity contribution in [2.45, 2.75) is 19.5 Å². The highest BCUT2D eigenvalue weighted by Crippen LogP contribution is 2.18. The molecular weight excluding hydrogens is 246 g/mol. The number of halogens is 1. The molecule has 2 N–H and O–H groups in total. The number of rotatable bonds is 4. The molecule has 0 saturated carbocycles. The third-order valence-corrected chi connectivity index (χ3v) is 3.11. The zero-order valence-electron chi connectivity index (χ0n) is 10.2. The van der Waals surface area contributed by atoms with Crippen molar-refractivity contribution in [1.82, 2.24) is 5.32 Å². The van der Waals surface area contributed by atoms with Crippen molar-refractivity contribution in [2.75, 3.05) is 0 Å². The highest BCUT2D eigenvalue weighted by molar-refractivity contribution is 6.30. The Morgan fingerprint density at radius 3 is 2.67 bits per heavy atom. The first-order valence-corrected chi connectivity index (χ1v) is 6.30. The van der Waals surface area contributed by atoms with Crippen LogP contribution in [-0.2, 0) is 6.54 Å². The summed E-state index contributed by atoms with van der Waals surface area (Å²) >= 11 is 5.94. The Hall–Kier alpha value is -1.51. The van der Waals surface area contributed by atoms with E-state index in [4.69, 9.17) is 11.6 Å². The minimum atomic E-state index is 0.177. The van der Waals surface area contributed by atoms with Gasteiger partial charge in [0.1, 0.15) is 5.75 Å². The lowest BCUT2D eigenvalue weighted by Crippen LogP contribution is -2.17. The van der Waals surface area contributed by atoms with Crippen LogP contribution in [0, 0.1) is 0 Å². The summed E-state index contributed by atoms with van der Waals surface area (Å²) in [5.74, 6) is 0.295. The van der Waals surface area contributed by atoms with Gasteiger partial charge < -0.3 is 10.4 Å². The zero-order chi connectivity index (χ0) is 13.0. The van der Waals surface area contributed by atoms with Gasteiger partial charge in [0.2, 0.25) is 0 Å².